The van der Waals surface area contributed by atoms with E-state index >= 15 is 0 Å². The largest absolute Gasteiger partial charge is 0.492 e. The van der Waals surface area contributed by atoms with Crippen molar-refractivity contribution in [1.29, 1.82) is 0 Å². The Morgan fingerprint density at radius 2 is 1.57 bits per heavy atom. The summed E-state index contributed by atoms with van der Waals surface area (Å²) in [5.74, 6) is 0.806. The molecule has 3 aromatic rings. The summed E-state index contributed by atoms with van der Waals surface area (Å²) in [7, 11) is 0. The Balaban J connectivity index is 1.42. The Morgan fingerprint density at radius 1 is 0.875 bits per heavy atom. The van der Waals surface area contributed by atoms with Crippen molar-refractivity contribution >= 4 is 34.5 Å². The summed E-state index contributed by atoms with van der Waals surface area (Å²) in [6.07, 6.45) is 18.4. The van der Waals surface area contributed by atoms with E-state index in [9.17, 15) is 4.79 Å². The van der Waals surface area contributed by atoms with E-state index < -0.39 is 0 Å². The number of carbonyl (C=O) groups is 1. The molecule has 0 unspecified atom stereocenters. The minimum Gasteiger partial charge on any atom is -0.492 e. The Kier molecular flexibility index (Phi) is 15.2. The normalized spacial score (nSPS) is 11.1. The zero-order valence-electron chi connectivity index (χ0n) is 24.6. The third-order valence-corrected chi connectivity index (χ3v) is 8.28. The minimum absolute atomic E-state index is 0.0868. The quantitative estimate of drug-likeness (QED) is 0.0979. The molecule has 1 aromatic heterocycles. The molecule has 0 fully saturated rings. The minimum atomic E-state index is 0.0868. The van der Waals surface area contributed by atoms with Crippen LogP contribution in [-0.2, 0) is 17.9 Å². The molecule has 0 radical (unpaired) electrons. The lowest BCUT2D eigenvalue weighted by molar-refractivity contribution is -0.683. The van der Waals surface area contributed by atoms with Gasteiger partial charge in [0.15, 0.2) is 12.7 Å². The molecule has 6 heteroatoms. The van der Waals surface area contributed by atoms with E-state index in [1.54, 1.807) is 11.3 Å². The van der Waals surface area contributed by atoms with Crippen molar-refractivity contribution in [2.24, 2.45) is 0 Å². The first kappa shape index (κ1) is 32.1. The molecule has 0 atom stereocenters. The molecule has 4 nitrogen and oxygen atoms in total. The van der Waals surface area contributed by atoms with Gasteiger partial charge in [0.1, 0.15) is 5.75 Å². The smallest absolute Gasteiger partial charge is 0.227 e. The number of thiazole rings is 1. The molecule has 218 valence electrons. The lowest BCUT2D eigenvalue weighted by Gasteiger charge is -2.23. The highest BCUT2D eigenvalue weighted by Gasteiger charge is 2.17. The second-order valence-electron chi connectivity index (χ2n) is 10.7. The molecule has 0 N–H and O–H groups in total. The highest BCUT2D eigenvalue weighted by atomic mass is 35.5. The molecular formula is C34H48ClN2O2S+. The van der Waals surface area contributed by atoms with Gasteiger partial charge in [-0.05, 0) is 36.2 Å². The van der Waals surface area contributed by atoms with Gasteiger partial charge in [-0.15, -0.1) is 0 Å². The topological polar surface area (TPSA) is 33.4 Å². The Bertz CT molecular complexity index is 1120. The van der Waals surface area contributed by atoms with E-state index in [0.29, 0.717) is 24.6 Å². The highest BCUT2D eigenvalue weighted by molar-refractivity contribution is 7.07. The number of hydrogen-bond donors (Lipinski definition) is 0. The highest BCUT2D eigenvalue weighted by Crippen LogP contribution is 2.28. The summed E-state index contributed by atoms with van der Waals surface area (Å²) in [6, 6.07) is 14.1. The number of amides is 1. The first-order chi connectivity index (χ1) is 19.6. The molecule has 0 aliphatic heterocycles. The maximum absolute atomic E-state index is 12.9. The van der Waals surface area contributed by atoms with Gasteiger partial charge in [-0.2, -0.15) is 4.57 Å². The molecule has 0 spiro atoms. The van der Waals surface area contributed by atoms with Gasteiger partial charge in [0.2, 0.25) is 11.4 Å². The predicted molar refractivity (Wildman–Crippen MR) is 170 cm³/mol. The van der Waals surface area contributed by atoms with Crippen LogP contribution in [0.3, 0.4) is 0 Å². The van der Waals surface area contributed by atoms with E-state index in [1.165, 1.54) is 70.6 Å². The van der Waals surface area contributed by atoms with Crippen LogP contribution in [-0.4, -0.2) is 12.5 Å². The maximum atomic E-state index is 12.9. The molecule has 0 aliphatic rings. The van der Waals surface area contributed by atoms with Crippen molar-refractivity contribution in [3.63, 3.8) is 0 Å². The van der Waals surface area contributed by atoms with Crippen LogP contribution in [0.25, 0.3) is 0 Å². The van der Waals surface area contributed by atoms with Gasteiger partial charge < -0.3 is 9.64 Å². The van der Waals surface area contributed by atoms with Crippen molar-refractivity contribution in [2.45, 2.75) is 110 Å². The van der Waals surface area contributed by atoms with Crippen LogP contribution in [0.15, 0.2) is 59.6 Å². The van der Waals surface area contributed by atoms with Crippen LogP contribution < -0.4 is 14.2 Å². The lowest BCUT2D eigenvalue weighted by Crippen LogP contribution is -2.32. The van der Waals surface area contributed by atoms with Gasteiger partial charge in [0, 0.05) is 17.7 Å². The van der Waals surface area contributed by atoms with Gasteiger partial charge >= 0.3 is 0 Å². The van der Waals surface area contributed by atoms with Crippen LogP contribution in [0.5, 0.6) is 5.75 Å². The summed E-state index contributed by atoms with van der Waals surface area (Å²) in [5, 5.41) is 2.66. The van der Waals surface area contributed by atoms with Crippen LogP contribution in [0.2, 0.25) is 5.02 Å². The van der Waals surface area contributed by atoms with Crippen molar-refractivity contribution in [1.82, 2.24) is 0 Å². The standard InChI is InChI=1S/C34H48ClN2O2S/c1-3-5-6-7-8-9-10-11-12-13-14-15-22-39-33-20-19-30(25-32(33)35)27-37(34(38)4-2)31-18-16-17-29(24-31)26-36-21-23-40-28-36/h16-21,23-25,28H,3-15,22,26-27H2,1-2H3/q+1. The summed E-state index contributed by atoms with van der Waals surface area (Å²) in [6.45, 7) is 6.12. The lowest BCUT2D eigenvalue weighted by atomic mass is 10.1. The zero-order chi connectivity index (χ0) is 28.4. The third-order valence-electron chi connectivity index (χ3n) is 7.31. The number of ether oxygens (including phenoxy) is 1. The van der Waals surface area contributed by atoms with Crippen LogP contribution >= 0.6 is 22.9 Å². The van der Waals surface area contributed by atoms with Crippen LogP contribution in [0.1, 0.15) is 108 Å². The number of halogens is 1. The van der Waals surface area contributed by atoms with Crippen molar-refractivity contribution < 1.29 is 14.1 Å². The zero-order valence-corrected chi connectivity index (χ0v) is 26.2. The van der Waals surface area contributed by atoms with Gasteiger partial charge in [0.05, 0.1) is 23.6 Å². The first-order valence-electron chi connectivity index (χ1n) is 15.3. The molecule has 2 aromatic carbocycles. The van der Waals surface area contributed by atoms with Gasteiger partial charge in [0.25, 0.3) is 0 Å². The number of nitrogens with zero attached hydrogens (tertiary/aromatic N) is 2. The number of aromatic nitrogens is 1. The average Bonchev–Trinajstić information content (AvgIpc) is 3.48. The van der Waals surface area contributed by atoms with E-state index in [4.69, 9.17) is 16.3 Å². The predicted octanol–water partition coefficient (Wildman–Crippen LogP) is 9.76. The average molecular weight is 584 g/mol. The monoisotopic (exact) mass is 583 g/mol. The number of hydrogen-bond acceptors (Lipinski definition) is 3. The van der Waals surface area contributed by atoms with Crippen molar-refractivity contribution in [3.8, 4) is 5.75 Å². The maximum Gasteiger partial charge on any atom is 0.227 e. The molecular weight excluding hydrogens is 536 g/mol. The molecule has 0 saturated carbocycles. The fourth-order valence-corrected chi connectivity index (χ4v) is 5.82. The van der Waals surface area contributed by atoms with Gasteiger partial charge in [-0.3, -0.25) is 4.79 Å². The number of carbonyl (C=O) groups excluding carboxylic acids is 1. The Hall–Kier alpha value is -2.37. The summed E-state index contributed by atoms with van der Waals surface area (Å²) in [5.41, 5.74) is 5.14. The van der Waals surface area contributed by atoms with E-state index in [2.05, 4.69) is 40.7 Å². The fraction of sp³-hybridized carbons (Fsp3) is 0.529. The Labute approximate surface area is 251 Å². The molecule has 0 saturated heterocycles. The second-order valence-corrected chi connectivity index (χ2v) is 11.9. The number of unbranched alkanes of at least 4 members (excludes halogenated alkanes) is 11. The van der Waals surface area contributed by atoms with Crippen LogP contribution in [0.4, 0.5) is 5.69 Å². The molecule has 1 amide bonds. The van der Waals surface area contributed by atoms with Crippen molar-refractivity contribution in [3.05, 3.63) is 75.7 Å². The summed E-state index contributed by atoms with van der Waals surface area (Å²) in [4.78, 5) is 14.8. The second kappa shape index (κ2) is 18.9. The number of benzene rings is 2. The number of rotatable bonds is 20. The van der Waals surface area contributed by atoms with E-state index in [0.717, 1.165) is 35.5 Å². The van der Waals surface area contributed by atoms with Crippen molar-refractivity contribution in [2.75, 3.05) is 11.5 Å². The molecule has 3 rings (SSSR count). The molecule has 0 aliphatic carbocycles. The van der Waals surface area contributed by atoms with E-state index in [-0.39, 0.29) is 5.91 Å². The molecule has 40 heavy (non-hydrogen) atoms. The Morgan fingerprint density at radius 3 is 2.20 bits per heavy atom. The molecule has 1 heterocycles. The fourth-order valence-electron chi connectivity index (χ4n) is 4.97. The van der Waals surface area contributed by atoms with Gasteiger partial charge in [-0.1, -0.05) is 126 Å². The van der Waals surface area contributed by atoms with Crippen LogP contribution in [0, 0.1) is 0 Å². The third kappa shape index (κ3) is 11.6. The summed E-state index contributed by atoms with van der Waals surface area (Å²) >= 11 is 8.27. The SMILES string of the molecule is CCCCCCCCCCCCCCOc1ccc(CN(C(=O)CC)c2cccc(C[n+]3ccsc3)c2)cc1Cl. The molecule has 0 bridgehead atoms. The number of anilines is 1. The van der Waals surface area contributed by atoms with Gasteiger partial charge in [-0.25, -0.2) is 0 Å². The summed E-state index contributed by atoms with van der Waals surface area (Å²) < 4.78 is 8.14. The van der Waals surface area contributed by atoms with E-state index in [1.807, 2.05) is 42.2 Å². The first-order valence-corrected chi connectivity index (χ1v) is 16.6.